The third-order valence-electron chi connectivity index (χ3n) is 12.3. The van der Waals surface area contributed by atoms with Crippen molar-refractivity contribution in [2.75, 3.05) is 0 Å². The van der Waals surface area contributed by atoms with Crippen LogP contribution < -0.4 is 17.0 Å². The van der Waals surface area contributed by atoms with Crippen molar-refractivity contribution in [1.82, 2.24) is 5.43 Å². The van der Waals surface area contributed by atoms with Gasteiger partial charge in [0.05, 0.1) is 0 Å². The van der Waals surface area contributed by atoms with Crippen LogP contribution in [0.4, 0.5) is 0 Å². The van der Waals surface area contributed by atoms with Gasteiger partial charge in [-0.3, -0.25) is 5.84 Å². The molecular weight excluding hydrogens is 799 g/mol. The minimum Gasteiger partial charge on any atom is -0.326 e. The number of rotatable bonds is 8. The Morgan fingerprint density at radius 3 is 1.91 bits per heavy atom. The minimum atomic E-state index is 0.541. The summed E-state index contributed by atoms with van der Waals surface area (Å²) in [6.07, 6.45) is 16.9. The van der Waals surface area contributed by atoms with E-state index >= 15 is 0 Å². The van der Waals surface area contributed by atoms with E-state index in [1.54, 1.807) is 0 Å². The number of hydrogen-bond donors (Lipinski definition) is 3. The van der Waals surface area contributed by atoms with E-state index in [4.69, 9.17) is 11.6 Å². The quantitative estimate of drug-likeness (QED) is 0.0469. The Kier molecular flexibility index (Phi) is 16.3. The molecule has 9 aromatic carbocycles. The van der Waals surface area contributed by atoms with Crippen LogP contribution in [-0.2, 0) is 13.0 Å². The molecule has 66 heavy (non-hydrogen) atoms. The molecule has 3 nitrogen and oxygen atoms in total. The van der Waals surface area contributed by atoms with E-state index in [-0.39, 0.29) is 0 Å². The summed E-state index contributed by atoms with van der Waals surface area (Å²) in [6, 6.07) is 60.6. The largest absolute Gasteiger partial charge is 0.326 e. The highest BCUT2D eigenvalue weighted by molar-refractivity contribution is 6.18. The molecule has 330 valence electrons. The highest BCUT2D eigenvalue weighted by atomic mass is 15.2. The summed E-state index contributed by atoms with van der Waals surface area (Å²) >= 11 is 0. The van der Waals surface area contributed by atoms with Crippen LogP contribution in [0.3, 0.4) is 0 Å². The fraction of sp³-hybridized carbons (Fsp3) is 0.143. The van der Waals surface area contributed by atoms with Gasteiger partial charge in [0, 0.05) is 12.2 Å². The van der Waals surface area contributed by atoms with Crippen molar-refractivity contribution in [3.05, 3.63) is 246 Å². The van der Waals surface area contributed by atoms with E-state index in [9.17, 15) is 0 Å². The first-order valence-electron chi connectivity index (χ1n) is 23.2. The summed E-state index contributed by atoms with van der Waals surface area (Å²) in [4.78, 5) is 0. The van der Waals surface area contributed by atoms with Crippen molar-refractivity contribution in [2.24, 2.45) is 11.6 Å². The Morgan fingerprint density at radius 1 is 0.591 bits per heavy atom. The SMILES string of the molecule is C=C/C=C\c1c(C)c2c(C)c3cc(-c4ccc(CN)c5ccccc45)ccc3cc2c2ccccc12.CCCc1cccc(-c2ccccc2)c1.Cc1ccccc1.NNC1=CCCC=C1. The normalized spacial score (nSPS) is 11.9. The van der Waals surface area contributed by atoms with Crippen molar-refractivity contribution in [2.45, 2.75) is 59.9 Å². The van der Waals surface area contributed by atoms with Crippen LogP contribution in [0, 0.1) is 20.8 Å². The van der Waals surface area contributed by atoms with E-state index in [0.717, 1.165) is 18.5 Å². The third kappa shape index (κ3) is 11.1. The van der Waals surface area contributed by atoms with Crippen LogP contribution in [0.5, 0.6) is 0 Å². The molecule has 10 rings (SSSR count). The highest BCUT2D eigenvalue weighted by Crippen LogP contribution is 2.40. The molecule has 0 saturated heterocycles. The zero-order valence-corrected chi connectivity index (χ0v) is 39.0. The van der Waals surface area contributed by atoms with Crippen LogP contribution >= 0.6 is 0 Å². The van der Waals surface area contributed by atoms with Crippen molar-refractivity contribution >= 4 is 49.2 Å². The molecule has 1 aliphatic rings. The molecule has 0 radical (unpaired) electrons. The van der Waals surface area contributed by atoms with Crippen molar-refractivity contribution in [3.8, 4) is 22.3 Å². The molecule has 1 aliphatic carbocycles. The first-order chi connectivity index (χ1) is 32.3. The number of fused-ring (bicyclic) bond motifs is 5. The fourth-order valence-corrected chi connectivity index (χ4v) is 8.97. The minimum absolute atomic E-state index is 0.541. The maximum atomic E-state index is 6.04. The Hall–Kier alpha value is -7.30. The third-order valence-corrected chi connectivity index (χ3v) is 12.3. The zero-order valence-electron chi connectivity index (χ0n) is 39.0. The lowest BCUT2D eigenvalue weighted by atomic mass is 9.86. The first-order valence-corrected chi connectivity index (χ1v) is 23.2. The van der Waals surface area contributed by atoms with Gasteiger partial charge in [0.2, 0.25) is 0 Å². The predicted octanol–water partition coefficient (Wildman–Crippen LogP) is 16.2. The number of allylic oxidation sites excluding steroid dienone is 5. The summed E-state index contributed by atoms with van der Waals surface area (Å²) in [7, 11) is 0. The van der Waals surface area contributed by atoms with Crippen LogP contribution in [-0.4, -0.2) is 0 Å². The molecular formula is C63H63N3. The second-order valence-electron chi connectivity index (χ2n) is 16.8. The van der Waals surface area contributed by atoms with E-state index < -0.39 is 0 Å². The predicted molar refractivity (Wildman–Crippen MR) is 289 cm³/mol. The lowest BCUT2D eigenvalue weighted by Gasteiger charge is -2.17. The van der Waals surface area contributed by atoms with Crippen LogP contribution in [0.1, 0.15) is 59.6 Å². The van der Waals surface area contributed by atoms with Gasteiger partial charge in [0.15, 0.2) is 0 Å². The summed E-state index contributed by atoms with van der Waals surface area (Å²) in [6.45, 7) is 13.2. The van der Waals surface area contributed by atoms with Gasteiger partial charge in [-0.25, -0.2) is 0 Å². The number of aryl methyl sites for hydroxylation is 4. The van der Waals surface area contributed by atoms with Gasteiger partial charge in [0.25, 0.3) is 0 Å². The molecule has 0 bridgehead atoms. The molecule has 9 aromatic rings. The Balaban J connectivity index is 0.000000174. The average molecular weight is 862 g/mol. The molecule has 0 unspecified atom stereocenters. The Morgan fingerprint density at radius 2 is 1.27 bits per heavy atom. The lowest BCUT2D eigenvalue weighted by molar-refractivity contribution is 0.876. The van der Waals surface area contributed by atoms with E-state index in [1.807, 2.05) is 36.4 Å². The summed E-state index contributed by atoms with van der Waals surface area (Å²) < 4.78 is 0. The molecule has 0 fully saturated rings. The first kappa shape index (κ1) is 46.7. The molecule has 5 N–H and O–H groups in total. The number of hydrogen-bond acceptors (Lipinski definition) is 3. The standard InChI is InChI=1S/C35H29N.C15H16.C7H8.C6H10N2/c1-4-5-10-27-22(2)35-23(3)33-19-24(29-18-17-26(21-36)28-11-6-7-13-31(28)29)15-16-25(33)20-34(35)32-14-9-8-12-30(27)32;1-2-7-13-8-6-11-15(12-13)14-9-4-3-5-10-14;1-7-5-3-2-4-6-7;7-8-6-4-2-1-3-5-6/h4-20H,1,21,36H2,2-3H3;3-6,8-12H,2,7H2,1H3;2-6H,1H3;2,4-5,8H,1,3,7H2/b10-5-;;;. The molecule has 0 saturated carbocycles. The molecule has 3 heteroatoms. The topological polar surface area (TPSA) is 64.1 Å². The molecule has 0 atom stereocenters. The number of benzene rings is 9. The van der Waals surface area contributed by atoms with Gasteiger partial charge >= 0.3 is 0 Å². The highest BCUT2D eigenvalue weighted by Gasteiger charge is 2.15. The fourth-order valence-electron chi connectivity index (χ4n) is 8.97. The van der Waals surface area contributed by atoms with Crippen molar-refractivity contribution in [1.29, 1.82) is 0 Å². The molecule has 0 amide bonds. The zero-order chi connectivity index (χ0) is 46.3. The lowest BCUT2D eigenvalue weighted by Crippen LogP contribution is -2.20. The molecule has 0 heterocycles. The van der Waals surface area contributed by atoms with Crippen molar-refractivity contribution < 1.29 is 0 Å². The van der Waals surface area contributed by atoms with Crippen LogP contribution in [0.15, 0.2) is 213 Å². The van der Waals surface area contributed by atoms with Crippen LogP contribution in [0.2, 0.25) is 0 Å². The summed E-state index contributed by atoms with van der Waals surface area (Å²) in [5.41, 5.74) is 22.6. The van der Waals surface area contributed by atoms with Gasteiger partial charge in [-0.2, -0.15) is 0 Å². The molecule has 0 spiro atoms. The monoisotopic (exact) mass is 862 g/mol. The number of hydrazine groups is 1. The Labute approximate surface area is 392 Å². The summed E-state index contributed by atoms with van der Waals surface area (Å²) in [5.74, 6) is 5.13. The van der Waals surface area contributed by atoms with Gasteiger partial charge in [-0.15, -0.1) is 0 Å². The molecule has 0 aromatic heterocycles. The Bertz CT molecular complexity index is 3160. The van der Waals surface area contributed by atoms with E-state index in [0.29, 0.717) is 6.54 Å². The maximum Gasteiger partial charge on any atom is 0.0442 e. The van der Waals surface area contributed by atoms with Crippen LogP contribution in [0.25, 0.3) is 71.4 Å². The van der Waals surface area contributed by atoms with Crippen molar-refractivity contribution in [3.63, 3.8) is 0 Å². The van der Waals surface area contributed by atoms with E-state index in [2.05, 4.69) is 210 Å². The van der Waals surface area contributed by atoms with Gasteiger partial charge in [-0.05, 0) is 151 Å². The second kappa shape index (κ2) is 23.1. The second-order valence-corrected chi connectivity index (χ2v) is 16.8. The molecule has 0 aliphatic heterocycles. The average Bonchev–Trinajstić information content (AvgIpc) is 3.37. The van der Waals surface area contributed by atoms with E-state index in [1.165, 1.54) is 112 Å². The smallest absolute Gasteiger partial charge is 0.0442 e. The van der Waals surface area contributed by atoms with Gasteiger partial charge in [-0.1, -0.05) is 214 Å². The summed E-state index contributed by atoms with van der Waals surface area (Å²) in [5, 5.41) is 10.3. The number of nitrogens with one attached hydrogen (secondary N) is 1. The maximum absolute atomic E-state index is 6.04. The van der Waals surface area contributed by atoms with Gasteiger partial charge in [0.1, 0.15) is 0 Å². The number of nitrogens with two attached hydrogens (primary N) is 2. The van der Waals surface area contributed by atoms with Gasteiger partial charge < -0.3 is 11.2 Å².